The van der Waals surface area contributed by atoms with Gasteiger partial charge in [-0.3, -0.25) is 19.7 Å². The number of rotatable bonds is 5. The fourth-order valence-corrected chi connectivity index (χ4v) is 2.95. The average Bonchev–Trinajstić information content (AvgIpc) is 2.76. The summed E-state index contributed by atoms with van der Waals surface area (Å²) in [5, 5.41) is 5.15. The van der Waals surface area contributed by atoms with Gasteiger partial charge in [0.2, 0.25) is 10.0 Å². The van der Waals surface area contributed by atoms with Crippen molar-refractivity contribution in [2.45, 2.75) is 0 Å². The topological polar surface area (TPSA) is 94.8 Å². The van der Waals surface area contributed by atoms with Gasteiger partial charge in [0.15, 0.2) is 0 Å². The fourth-order valence-electron chi connectivity index (χ4n) is 1.54. The van der Waals surface area contributed by atoms with Gasteiger partial charge in [0.1, 0.15) is 0 Å². The number of halogens is 1. The van der Waals surface area contributed by atoms with Crippen molar-refractivity contribution in [3.05, 3.63) is 40.7 Å². The zero-order valence-electron chi connectivity index (χ0n) is 9.81. The largest absolute Gasteiger partial charge is 0.298 e. The van der Waals surface area contributed by atoms with Gasteiger partial charge in [-0.15, -0.1) is 11.6 Å². The van der Waals surface area contributed by atoms with E-state index in [0.29, 0.717) is 11.4 Å². The van der Waals surface area contributed by atoms with E-state index in [4.69, 9.17) is 11.6 Å². The second kappa shape index (κ2) is 5.50. The molecule has 1 aromatic carbocycles. The number of hydrogen-bond acceptors (Lipinski definition) is 3. The molecule has 3 N–H and O–H groups in total. The van der Waals surface area contributed by atoms with Crippen LogP contribution in [0, 0.1) is 0 Å². The molecule has 0 aliphatic rings. The highest BCUT2D eigenvalue weighted by atomic mass is 35.5. The van der Waals surface area contributed by atoms with Crippen molar-refractivity contribution < 1.29 is 8.42 Å². The molecule has 2 rings (SSSR count). The molecule has 2 aromatic rings. The predicted octanol–water partition coefficient (Wildman–Crippen LogP) is 1.35. The maximum atomic E-state index is 11.5. The maximum Gasteiger partial charge on any atom is 0.264 e. The minimum absolute atomic E-state index is 0.0397. The van der Waals surface area contributed by atoms with Gasteiger partial charge in [-0.1, -0.05) is 12.1 Å². The third-order valence-electron chi connectivity index (χ3n) is 2.41. The second-order valence-corrected chi connectivity index (χ2v) is 6.08. The minimum Gasteiger partial charge on any atom is -0.298 e. The van der Waals surface area contributed by atoms with E-state index >= 15 is 0 Å². The van der Waals surface area contributed by atoms with Crippen molar-refractivity contribution in [1.82, 2.24) is 10.2 Å². The number of H-pyrrole nitrogens is 2. The first-order valence-electron chi connectivity index (χ1n) is 5.45. The Morgan fingerprint density at radius 3 is 2.37 bits per heavy atom. The van der Waals surface area contributed by atoms with Crippen LogP contribution in [0.1, 0.15) is 0 Å². The van der Waals surface area contributed by atoms with Gasteiger partial charge < -0.3 is 0 Å². The molecule has 0 aliphatic carbocycles. The van der Waals surface area contributed by atoms with E-state index in [1.807, 2.05) is 0 Å². The monoisotopic (exact) mass is 301 g/mol. The quantitative estimate of drug-likeness (QED) is 0.728. The van der Waals surface area contributed by atoms with Gasteiger partial charge in [0.05, 0.1) is 11.4 Å². The van der Waals surface area contributed by atoms with Crippen LogP contribution >= 0.6 is 11.6 Å². The zero-order valence-corrected chi connectivity index (χ0v) is 11.4. The number of benzene rings is 1. The van der Waals surface area contributed by atoms with E-state index in [0.717, 1.165) is 5.56 Å². The molecule has 19 heavy (non-hydrogen) atoms. The Hall–Kier alpha value is -1.73. The summed E-state index contributed by atoms with van der Waals surface area (Å²) in [6.45, 7) is 0. The van der Waals surface area contributed by atoms with Crippen LogP contribution in [0.5, 0.6) is 0 Å². The molecule has 0 saturated carbocycles. The Bertz CT molecular complexity index is 703. The average molecular weight is 302 g/mol. The van der Waals surface area contributed by atoms with E-state index in [1.165, 1.54) is 6.07 Å². The minimum atomic E-state index is -3.40. The molecular weight excluding hydrogens is 290 g/mol. The molecule has 0 saturated heterocycles. The van der Waals surface area contributed by atoms with E-state index in [2.05, 4.69) is 14.9 Å². The van der Waals surface area contributed by atoms with Crippen molar-refractivity contribution in [2.75, 3.05) is 16.4 Å². The summed E-state index contributed by atoms with van der Waals surface area (Å²) in [5.41, 5.74) is 1.65. The fraction of sp³-hybridized carbons (Fsp3) is 0.182. The van der Waals surface area contributed by atoms with Crippen LogP contribution in [0.15, 0.2) is 35.1 Å². The van der Waals surface area contributed by atoms with Gasteiger partial charge >= 0.3 is 0 Å². The summed E-state index contributed by atoms with van der Waals surface area (Å²) in [4.78, 5) is 11.0. The lowest BCUT2D eigenvalue weighted by Crippen LogP contribution is -2.17. The number of sulfonamides is 1. The Kier molecular flexibility index (Phi) is 3.96. The summed E-state index contributed by atoms with van der Waals surface area (Å²) in [6, 6.07) is 8.07. The molecule has 0 bridgehead atoms. The lowest BCUT2D eigenvalue weighted by molar-refractivity contribution is 0.602. The van der Waals surface area contributed by atoms with E-state index < -0.39 is 10.0 Å². The highest BCUT2D eigenvalue weighted by molar-refractivity contribution is 7.92. The molecule has 0 atom stereocenters. The molecule has 0 radical (unpaired) electrons. The van der Waals surface area contributed by atoms with Crippen LogP contribution in [-0.4, -0.2) is 30.2 Å². The van der Waals surface area contributed by atoms with Crippen LogP contribution in [0.2, 0.25) is 0 Å². The van der Waals surface area contributed by atoms with Crippen LogP contribution in [0.4, 0.5) is 5.69 Å². The normalized spacial score (nSPS) is 11.4. The second-order valence-electron chi connectivity index (χ2n) is 3.86. The third-order valence-corrected chi connectivity index (χ3v) is 4.11. The Morgan fingerprint density at radius 1 is 1.16 bits per heavy atom. The molecule has 0 fully saturated rings. The van der Waals surface area contributed by atoms with E-state index in [1.54, 1.807) is 24.3 Å². The highest BCUT2D eigenvalue weighted by Gasteiger charge is 2.09. The van der Waals surface area contributed by atoms with E-state index in [-0.39, 0.29) is 17.2 Å². The van der Waals surface area contributed by atoms with Crippen LogP contribution in [-0.2, 0) is 10.0 Å². The van der Waals surface area contributed by atoms with Gasteiger partial charge in [0.25, 0.3) is 5.56 Å². The van der Waals surface area contributed by atoms with Crippen LogP contribution in [0.25, 0.3) is 11.3 Å². The summed E-state index contributed by atoms with van der Waals surface area (Å²) in [5.74, 6) is -0.0978. The number of anilines is 1. The smallest absolute Gasteiger partial charge is 0.264 e. The van der Waals surface area contributed by atoms with E-state index in [9.17, 15) is 13.2 Å². The highest BCUT2D eigenvalue weighted by Crippen LogP contribution is 2.18. The Labute approximate surface area is 114 Å². The van der Waals surface area contributed by atoms with Gasteiger partial charge in [0, 0.05) is 17.6 Å². The molecule has 0 amide bonds. The number of hydrogen-bond donors (Lipinski definition) is 3. The van der Waals surface area contributed by atoms with Crippen molar-refractivity contribution in [1.29, 1.82) is 0 Å². The van der Waals surface area contributed by atoms with Crippen molar-refractivity contribution in [2.24, 2.45) is 0 Å². The molecule has 102 valence electrons. The number of aromatic nitrogens is 2. The number of nitrogens with one attached hydrogen (secondary N) is 3. The summed E-state index contributed by atoms with van der Waals surface area (Å²) in [6.07, 6.45) is 0. The van der Waals surface area contributed by atoms with Gasteiger partial charge in [-0.05, 0) is 17.7 Å². The van der Waals surface area contributed by atoms with Crippen LogP contribution in [0.3, 0.4) is 0 Å². The van der Waals surface area contributed by atoms with Crippen molar-refractivity contribution >= 4 is 27.3 Å². The maximum absolute atomic E-state index is 11.5. The van der Waals surface area contributed by atoms with Gasteiger partial charge in [-0.25, -0.2) is 8.42 Å². The zero-order chi connectivity index (χ0) is 13.9. The molecular formula is C11H12ClN3O3S. The first-order valence-corrected chi connectivity index (χ1v) is 7.63. The lowest BCUT2D eigenvalue weighted by Gasteiger charge is -2.07. The molecule has 0 aliphatic heterocycles. The van der Waals surface area contributed by atoms with Crippen molar-refractivity contribution in [3.8, 4) is 11.3 Å². The molecule has 0 unspecified atom stereocenters. The summed E-state index contributed by atoms with van der Waals surface area (Å²) < 4.78 is 25.4. The number of alkyl halides is 1. The van der Waals surface area contributed by atoms with Gasteiger partial charge in [-0.2, -0.15) is 0 Å². The molecule has 1 heterocycles. The SMILES string of the molecule is O=c1cc(-c2ccc(NS(=O)(=O)CCCl)cc2)[nH][nH]1. The third kappa shape index (κ3) is 3.62. The molecule has 0 spiro atoms. The van der Waals surface area contributed by atoms with Crippen LogP contribution < -0.4 is 10.3 Å². The van der Waals surface area contributed by atoms with Crippen molar-refractivity contribution in [3.63, 3.8) is 0 Å². The number of aromatic amines is 2. The Balaban J connectivity index is 2.17. The first-order chi connectivity index (χ1) is 9.00. The molecule has 8 heteroatoms. The summed E-state index contributed by atoms with van der Waals surface area (Å²) in [7, 11) is -3.40. The lowest BCUT2D eigenvalue weighted by atomic mass is 10.1. The molecule has 6 nitrogen and oxygen atoms in total. The molecule has 1 aromatic heterocycles. The first kappa shape index (κ1) is 13.7. The predicted molar refractivity (Wildman–Crippen MR) is 75.0 cm³/mol. The Morgan fingerprint density at radius 2 is 1.84 bits per heavy atom. The summed E-state index contributed by atoms with van der Waals surface area (Å²) >= 11 is 5.40. The standard InChI is InChI=1S/C11H12ClN3O3S/c12-5-6-19(17,18)15-9-3-1-8(2-4-9)10-7-11(16)14-13-10/h1-4,7,15H,5-6H2,(H2,13,14,16).